The van der Waals surface area contributed by atoms with Crippen molar-refractivity contribution in [3.05, 3.63) is 40.8 Å². The van der Waals surface area contributed by atoms with Crippen LogP contribution >= 0.6 is 24.0 Å². The number of nitrogens with one attached hydrogen (secondary N) is 1. The van der Waals surface area contributed by atoms with Gasteiger partial charge in [-0.2, -0.15) is 4.98 Å². The predicted molar refractivity (Wildman–Crippen MR) is 109 cm³/mol. The van der Waals surface area contributed by atoms with Gasteiger partial charge in [0, 0.05) is 24.7 Å². The fourth-order valence-electron chi connectivity index (χ4n) is 3.30. The van der Waals surface area contributed by atoms with Gasteiger partial charge in [0.1, 0.15) is 0 Å². The summed E-state index contributed by atoms with van der Waals surface area (Å²) in [6.07, 6.45) is 1.73. The zero-order valence-corrected chi connectivity index (χ0v) is 17.4. The molecule has 1 saturated heterocycles. The molecule has 150 valence electrons. The van der Waals surface area contributed by atoms with E-state index in [1.54, 1.807) is 4.68 Å². The SMILES string of the molecule is CCCc1c(-c2nc(C3CNCCN3C)no2)nnn1-c1cccc(Cl)c1.Cl. The maximum absolute atomic E-state index is 6.14. The average molecular weight is 424 g/mol. The molecule has 1 aliphatic heterocycles. The molecule has 10 heteroatoms. The van der Waals surface area contributed by atoms with Gasteiger partial charge in [0.15, 0.2) is 11.5 Å². The van der Waals surface area contributed by atoms with E-state index in [0.717, 1.165) is 43.9 Å². The molecule has 0 radical (unpaired) electrons. The highest BCUT2D eigenvalue weighted by Crippen LogP contribution is 2.26. The van der Waals surface area contributed by atoms with Crippen LogP contribution in [0.4, 0.5) is 0 Å². The minimum Gasteiger partial charge on any atom is -0.332 e. The van der Waals surface area contributed by atoms with Crippen molar-refractivity contribution in [1.82, 2.24) is 35.4 Å². The third-order valence-electron chi connectivity index (χ3n) is 4.76. The number of benzene rings is 1. The zero-order chi connectivity index (χ0) is 18.8. The molecule has 1 atom stereocenters. The molecule has 3 heterocycles. The lowest BCUT2D eigenvalue weighted by Crippen LogP contribution is -2.44. The summed E-state index contributed by atoms with van der Waals surface area (Å²) < 4.78 is 7.35. The Balaban J connectivity index is 0.00000225. The van der Waals surface area contributed by atoms with Gasteiger partial charge >= 0.3 is 0 Å². The van der Waals surface area contributed by atoms with Crippen LogP contribution in [-0.2, 0) is 6.42 Å². The van der Waals surface area contributed by atoms with Gasteiger partial charge in [0.25, 0.3) is 5.89 Å². The molecule has 1 aliphatic rings. The van der Waals surface area contributed by atoms with Crippen LogP contribution in [0.25, 0.3) is 17.3 Å². The first-order valence-electron chi connectivity index (χ1n) is 9.13. The van der Waals surface area contributed by atoms with E-state index in [9.17, 15) is 0 Å². The second kappa shape index (κ2) is 9.00. The highest BCUT2D eigenvalue weighted by molar-refractivity contribution is 6.30. The molecule has 28 heavy (non-hydrogen) atoms. The van der Waals surface area contributed by atoms with Gasteiger partial charge in [0.05, 0.1) is 17.4 Å². The summed E-state index contributed by atoms with van der Waals surface area (Å²) in [5.74, 6) is 1.07. The van der Waals surface area contributed by atoms with Gasteiger partial charge in [-0.05, 0) is 31.7 Å². The summed E-state index contributed by atoms with van der Waals surface area (Å²) in [6, 6.07) is 7.63. The number of rotatable bonds is 5. The Labute approximate surface area is 174 Å². The topological polar surface area (TPSA) is 84.9 Å². The van der Waals surface area contributed by atoms with Crippen LogP contribution in [0.1, 0.15) is 30.9 Å². The van der Waals surface area contributed by atoms with Crippen molar-refractivity contribution in [2.24, 2.45) is 0 Å². The summed E-state index contributed by atoms with van der Waals surface area (Å²) in [6.45, 7) is 4.82. The minimum atomic E-state index is 0. The molecule has 1 N–H and O–H groups in total. The van der Waals surface area contributed by atoms with Crippen molar-refractivity contribution < 1.29 is 4.52 Å². The summed E-state index contributed by atoms with van der Waals surface area (Å²) in [5.41, 5.74) is 2.42. The highest BCUT2D eigenvalue weighted by atomic mass is 35.5. The van der Waals surface area contributed by atoms with Crippen LogP contribution in [0.2, 0.25) is 5.02 Å². The molecular weight excluding hydrogens is 401 g/mol. The standard InChI is InChI=1S/C18H22ClN7O.ClH/c1-3-5-14-16(22-24-26(14)13-7-4-6-12(19)10-13)18-21-17(23-27-18)15-11-20-8-9-25(15)2;/h4,6-7,10,15,20H,3,5,8-9,11H2,1-2H3;1H. The number of nitrogens with zero attached hydrogens (tertiary/aromatic N) is 6. The molecule has 3 aromatic rings. The molecule has 0 aliphatic carbocycles. The third kappa shape index (κ3) is 4.05. The number of likely N-dealkylation sites (N-methyl/N-ethyl adjacent to an activating group) is 1. The minimum absolute atomic E-state index is 0. The summed E-state index contributed by atoms with van der Waals surface area (Å²) in [7, 11) is 2.07. The lowest BCUT2D eigenvalue weighted by molar-refractivity contribution is 0.190. The van der Waals surface area contributed by atoms with E-state index >= 15 is 0 Å². The molecular formula is C18H23Cl2N7O. The van der Waals surface area contributed by atoms with E-state index in [1.165, 1.54) is 0 Å². The van der Waals surface area contributed by atoms with Gasteiger partial charge in [-0.15, -0.1) is 17.5 Å². The summed E-state index contributed by atoms with van der Waals surface area (Å²) in [5, 5.41) is 16.9. The third-order valence-corrected chi connectivity index (χ3v) is 4.99. The Bertz CT molecular complexity index is 926. The summed E-state index contributed by atoms with van der Waals surface area (Å²) >= 11 is 6.14. The normalized spacial score (nSPS) is 17.5. The lowest BCUT2D eigenvalue weighted by atomic mass is 10.2. The smallest absolute Gasteiger partial charge is 0.280 e. The Kier molecular flexibility index (Phi) is 6.66. The molecule has 4 rings (SSSR count). The fourth-order valence-corrected chi connectivity index (χ4v) is 3.49. The van der Waals surface area contributed by atoms with Gasteiger partial charge < -0.3 is 9.84 Å². The maximum Gasteiger partial charge on any atom is 0.280 e. The Morgan fingerprint density at radius 2 is 2.21 bits per heavy atom. The van der Waals surface area contributed by atoms with E-state index in [4.69, 9.17) is 16.1 Å². The number of halogens is 2. The van der Waals surface area contributed by atoms with Gasteiger partial charge in [-0.3, -0.25) is 4.90 Å². The largest absolute Gasteiger partial charge is 0.332 e. The first kappa shape index (κ1) is 20.7. The predicted octanol–water partition coefficient (Wildman–Crippen LogP) is 2.92. The molecule has 1 unspecified atom stereocenters. The van der Waals surface area contributed by atoms with E-state index in [-0.39, 0.29) is 18.4 Å². The average Bonchev–Trinajstić information content (AvgIpc) is 3.29. The molecule has 2 aromatic heterocycles. The number of aromatic nitrogens is 5. The molecule has 0 spiro atoms. The molecule has 0 amide bonds. The molecule has 1 aromatic carbocycles. The highest BCUT2D eigenvalue weighted by Gasteiger charge is 2.27. The van der Waals surface area contributed by atoms with Crippen molar-refractivity contribution in [2.75, 3.05) is 26.7 Å². The van der Waals surface area contributed by atoms with E-state index in [1.807, 2.05) is 24.3 Å². The van der Waals surface area contributed by atoms with E-state index in [2.05, 4.69) is 44.6 Å². The van der Waals surface area contributed by atoms with E-state index in [0.29, 0.717) is 22.4 Å². The first-order chi connectivity index (χ1) is 13.2. The summed E-state index contributed by atoms with van der Waals surface area (Å²) in [4.78, 5) is 6.84. The Hall–Kier alpha value is -2.00. The molecule has 1 fully saturated rings. The van der Waals surface area contributed by atoms with Crippen LogP contribution < -0.4 is 5.32 Å². The maximum atomic E-state index is 6.14. The van der Waals surface area contributed by atoms with Crippen molar-refractivity contribution in [2.45, 2.75) is 25.8 Å². The second-order valence-electron chi connectivity index (χ2n) is 6.68. The van der Waals surface area contributed by atoms with Gasteiger partial charge in [0.2, 0.25) is 0 Å². The first-order valence-corrected chi connectivity index (χ1v) is 9.50. The molecule has 0 bridgehead atoms. The number of hydrogen-bond donors (Lipinski definition) is 1. The second-order valence-corrected chi connectivity index (χ2v) is 7.12. The van der Waals surface area contributed by atoms with Crippen molar-refractivity contribution >= 4 is 24.0 Å². The number of hydrogen-bond acceptors (Lipinski definition) is 7. The Morgan fingerprint density at radius 1 is 1.36 bits per heavy atom. The zero-order valence-electron chi connectivity index (χ0n) is 15.8. The van der Waals surface area contributed by atoms with Crippen LogP contribution in [-0.4, -0.2) is 56.7 Å². The monoisotopic (exact) mass is 423 g/mol. The van der Waals surface area contributed by atoms with Crippen LogP contribution in [0, 0.1) is 0 Å². The fraction of sp³-hybridized carbons (Fsp3) is 0.444. The van der Waals surface area contributed by atoms with Crippen LogP contribution in [0.5, 0.6) is 0 Å². The van der Waals surface area contributed by atoms with Gasteiger partial charge in [-0.25, -0.2) is 4.68 Å². The van der Waals surface area contributed by atoms with Crippen LogP contribution in [0.3, 0.4) is 0 Å². The van der Waals surface area contributed by atoms with Crippen LogP contribution in [0.15, 0.2) is 28.8 Å². The Morgan fingerprint density at radius 3 is 2.96 bits per heavy atom. The quantitative estimate of drug-likeness (QED) is 0.674. The van der Waals surface area contributed by atoms with Crippen molar-refractivity contribution in [1.29, 1.82) is 0 Å². The lowest BCUT2D eigenvalue weighted by Gasteiger charge is -2.30. The molecule has 8 nitrogen and oxygen atoms in total. The van der Waals surface area contributed by atoms with E-state index < -0.39 is 0 Å². The van der Waals surface area contributed by atoms with Crippen molar-refractivity contribution in [3.63, 3.8) is 0 Å². The van der Waals surface area contributed by atoms with Crippen molar-refractivity contribution in [3.8, 4) is 17.3 Å². The van der Waals surface area contributed by atoms with Gasteiger partial charge in [-0.1, -0.05) is 41.4 Å². The molecule has 0 saturated carbocycles. The number of piperazine rings is 1.